The topological polar surface area (TPSA) is 96.0 Å². The van der Waals surface area contributed by atoms with Gasteiger partial charge in [-0.15, -0.1) is 5.10 Å². The molecular weight excluding hydrogens is 292 g/mol. The lowest BCUT2D eigenvalue weighted by Crippen LogP contribution is -2.41. The number of H-pyrrole nitrogens is 1. The molecule has 2 aromatic heterocycles. The van der Waals surface area contributed by atoms with Gasteiger partial charge in [0.1, 0.15) is 0 Å². The van der Waals surface area contributed by atoms with Gasteiger partial charge in [-0.25, -0.2) is 4.79 Å². The Morgan fingerprint density at radius 3 is 3.14 bits per heavy atom. The van der Waals surface area contributed by atoms with E-state index in [-0.39, 0.29) is 12.1 Å². The number of urea groups is 1. The first-order valence-electron chi connectivity index (χ1n) is 6.71. The van der Waals surface area contributed by atoms with Gasteiger partial charge in [-0.05, 0) is 30.6 Å². The number of amides is 2. The zero-order chi connectivity index (χ0) is 14.7. The van der Waals surface area contributed by atoms with Crippen molar-refractivity contribution in [1.29, 1.82) is 0 Å². The zero-order valence-corrected chi connectivity index (χ0v) is 12.4. The highest BCUT2D eigenvalue weighted by atomic mass is 32.1. The molecule has 0 aliphatic carbocycles. The van der Waals surface area contributed by atoms with E-state index >= 15 is 0 Å². The van der Waals surface area contributed by atoms with Gasteiger partial charge in [0.2, 0.25) is 5.13 Å². The Hall–Kier alpha value is -2.16. The summed E-state index contributed by atoms with van der Waals surface area (Å²) in [6.45, 7) is 0.720. The van der Waals surface area contributed by atoms with Crippen LogP contribution in [0.15, 0.2) is 12.4 Å². The second-order valence-corrected chi connectivity index (χ2v) is 5.68. The molecule has 0 unspecified atom stereocenters. The Bertz CT molecular complexity index is 599. The predicted molar refractivity (Wildman–Crippen MR) is 77.4 cm³/mol. The summed E-state index contributed by atoms with van der Waals surface area (Å²) in [5, 5.41) is 18.1. The van der Waals surface area contributed by atoms with Crippen LogP contribution in [-0.4, -0.2) is 45.0 Å². The van der Waals surface area contributed by atoms with Crippen LogP contribution in [0.4, 0.5) is 9.93 Å². The van der Waals surface area contributed by atoms with E-state index in [1.807, 2.05) is 11.1 Å². The zero-order valence-electron chi connectivity index (χ0n) is 11.6. The smallest absolute Gasteiger partial charge is 0.324 e. The van der Waals surface area contributed by atoms with Gasteiger partial charge in [-0.2, -0.15) is 5.10 Å². The van der Waals surface area contributed by atoms with E-state index in [9.17, 15) is 4.79 Å². The molecule has 21 heavy (non-hydrogen) atoms. The van der Waals surface area contributed by atoms with Crippen LogP contribution in [0.5, 0.6) is 5.19 Å². The predicted octanol–water partition coefficient (Wildman–Crippen LogP) is 2.03. The molecule has 112 valence electrons. The van der Waals surface area contributed by atoms with Crippen LogP contribution in [0.25, 0.3) is 0 Å². The standard InChI is InChI=1S/C12H16N6O2S/c1-20-12-17-16-10(21-12)15-11(19)18-5-3-2-4-9(18)8-6-13-14-7-8/h6-7,9H,2-5H2,1H3,(H,13,14)(H,15,16,19)/t9-/m0/s1. The number of hydrogen-bond donors (Lipinski definition) is 2. The minimum atomic E-state index is -0.167. The molecule has 3 heterocycles. The number of ether oxygens (including phenoxy) is 1. The number of anilines is 1. The molecule has 9 heteroatoms. The Morgan fingerprint density at radius 1 is 1.52 bits per heavy atom. The molecule has 0 aromatic carbocycles. The second-order valence-electron chi connectivity index (χ2n) is 4.74. The summed E-state index contributed by atoms with van der Waals surface area (Å²) >= 11 is 1.20. The summed E-state index contributed by atoms with van der Waals surface area (Å²) in [7, 11) is 1.52. The molecule has 1 aliphatic heterocycles. The fourth-order valence-corrected chi connectivity index (χ4v) is 3.02. The molecule has 1 saturated heterocycles. The number of hydrogen-bond acceptors (Lipinski definition) is 6. The average Bonchev–Trinajstić information content (AvgIpc) is 3.18. The Kier molecular flexibility index (Phi) is 4.00. The molecular formula is C12H16N6O2S. The normalized spacial score (nSPS) is 18.5. The van der Waals surface area contributed by atoms with Gasteiger partial charge >= 0.3 is 6.03 Å². The number of likely N-dealkylation sites (tertiary alicyclic amines) is 1. The van der Waals surface area contributed by atoms with Crippen molar-refractivity contribution in [2.75, 3.05) is 19.0 Å². The number of nitrogens with one attached hydrogen (secondary N) is 2. The van der Waals surface area contributed by atoms with Crippen molar-refractivity contribution < 1.29 is 9.53 Å². The maximum Gasteiger partial charge on any atom is 0.324 e. The number of carbonyl (C=O) groups is 1. The van der Waals surface area contributed by atoms with Gasteiger partial charge < -0.3 is 9.64 Å². The van der Waals surface area contributed by atoms with Crippen molar-refractivity contribution >= 4 is 22.5 Å². The minimum absolute atomic E-state index is 0.0484. The summed E-state index contributed by atoms with van der Waals surface area (Å²) in [4.78, 5) is 14.3. The Balaban J connectivity index is 1.72. The van der Waals surface area contributed by atoms with Crippen molar-refractivity contribution in [1.82, 2.24) is 25.3 Å². The SMILES string of the molecule is COc1nnc(NC(=O)N2CCCC[C@H]2c2cn[nH]c2)s1. The van der Waals surface area contributed by atoms with Gasteiger partial charge in [0, 0.05) is 18.3 Å². The first-order valence-corrected chi connectivity index (χ1v) is 7.53. The van der Waals surface area contributed by atoms with Crippen molar-refractivity contribution in [3.63, 3.8) is 0 Å². The van der Waals surface area contributed by atoms with E-state index in [1.54, 1.807) is 6.20 Å². The number of aromatic nitrogens is 4. The van der Waals surface area contributed by atoms with Gasteiger partial charge in [-0.3, -0.25) is 10.4 Å². The monoisotopic (exact) mass is 308 g/mol. The third kappa shape index (κ3) is 2.97. The summed E-state index contributed by atoms with van der Waals surface area (Å²) in [5.41, 5.74) is 1.03. The fraction of sp³-hybridized carbons (Fsp3) is 0.500. The van der Waals surface area contributed by atoms with Crippen LogP contribution in [0, 0.1) is 0 Å². The van der Waals surface area contributed by atoms with E-state index in [0.29, 0.717) is 10.3 Å². The van der Waals surface area contributed by atoms with E-state index in [4.69, 9.17) is 4.74 Å². The third-order valence-electron chi connectivity index (χ3n) is 3.46. The van der Waals surface area contributed by atoms with E-state index in [0.717, 1.165) is 31.4 Å². The fourth-order valence-electron chi connectivity index (χ4n) is 2.47. The van der Waals surface area contributed by atoms with Gasteiger partial charge in [0.15, 0.2) is 0 Å². The molecule has 2 aromatic rings. The number of aromatic amines is 1. The highest BCUT2D eigenvalue weighted by molar-refractivity contribution is 7.17. The molecule has 0 saturated carbocycles. The van der Waals surface area contributed by atoms with Crippen LogP contribution in [0.1, 0.15) is 30.9 Å². The molecule has 2 amide bonds. The number of rotatable bonds is 3. The van der Waals surface area contributed by atoms with Crippen LogP contribution in [0.3, 0.4) is 0 Å². The highest BCUT2D eigenvalue weighted by Crippen LogP contribution is 2.31. The molecule has 0 radical (unpaired) electrons. The average molecular weight is 308 g/mol. The van der Waals surface area contributed by atoms with Gasteiger partial charge in [0.05, 0.1) is 19.3 Å². The lowest BCUT2D eigenvalue weighted by atomic mass is 9.98. The van der Waals surface area contributed by atoms with Gasteiger partial charge in [0.25, 0.3) is 5.19 Å². The van der Waals surface area contributed by atoms with Crippen molar-refractivity contribution in [2.45, 2.75) is 25.3 Å². The maximum atomic E-state index is 12.5. The summed E-state index contributed by atoms with van der Waals surface area (Å²) in [6, 6.07) is -0.118. The van der Waals surface area contributed by atoms with Crippen LogP contribution >= 0.6 is 11.3 Å². The minimum Gasteiger partial charge on any atom is -0.472 e. The van der Waals surface area contributed by atoms with Crippen molar-refractivity contribution in [3.05, 3.63) is 18.0 Å². The van der Waals surface area contributed by atoms with Gasteiger partial charge in [-0.1, -0.05) is 5.10 Å². The number of nitrogens with zero attached hydrogens (tertiary/aromatic N) is 4. The maximum absolute atomic E-state index is 12.5. The number of piperidine rings is 1. The van der Waals surface area contributed by atoms with E-state index in [2.05, 4.69) is 25.7 Å². The van der Waals surface area contributed by atoms with Crippen molar-refractivity contribution in [3.8, 4) is 5.19 Å². The molecule has 1 atom stereocenters. The molecule has 1 aliphatic rings. The summed E-state index contributed by atoms with van der Waals surface area (Å²) in [5.74, 6) is 0. The Morgan fingerprint density at radius 2 is 2.43 bits per heavy atom. The molecule has 0 bridgehead atoms. The van der Waals surface area contributed by atoms with E-state index in [1.165, 1.54) is 18.4 Å². The highest BCUT2D eigenvalue weighted by Gasteiger charge is 2.29. The van der Waals surface area contributed by atoms with Crippen molar-refractivity contribution in [2.24, 2.45) is 0 Å². The Labute approximate surface area is 125 Å². The third-order valence-corrected chi connectivity index (χ3v) is 4.26. The first kappa shape index (κ1) is 13.8. The lowest BCUT2D eigenvalue weighted by Gasteiger charge is -2.34. The number of methoxy groups -OCH3 is 1. The molecule has 8 nitrogen and oxygen atoms in total. The lowest BCUT2D eigenvalue weighted by molar-refractivity contribution is 0.163. The number of carbonyl (C=O) groups excluding carboxylic acids is 1. The molecule has 2 N–H and O–H groups in total. The quantitative estimate of drug-likeness (QED) is 0.904. The van der Waals surface area contributed by atoms with Crippen LogP contribution < -0.4 is 10.1 Å². The molecule has 3 rings (SSSR count). The summed E-state index contributed by atoms with van der Waals surface area (Å²) < 4.78 is 4.97. The second kappa shape index (κ2) is 6.08. The van der Waals surface area contributed by atoms with Crippen LogP contribution in [-0.2, 0) is 0 Å². The molecule has 1 fully saturated rings. The van der Waals surface area contributed by atoms with E-state index < -0.39 is 0 Å². The van der Waals surface area contributed by atoms with Crippen LogP contribution in [0.2, 0.25) is 0 Å². The molecule has 0 spiro atoms. The first-order chi connectivity index (χ1) is 10.3. The largest absolute Gasteiger partial charge is 0.472 e. The summed E-state index contributed by atoms with van der Waals surface area (Å²) in [6.07, 6.45) is 6.65.